The van der Waals surface area contributed by atoms with E-state index < -0.39 is 0 Å². The number of hydrogen-bond donors (Lipinski definition) is 1. The number of nitrogens with zero attached hydrogens (tertiary/aromatic N) is 5. The van der Waals surface area contributed by atoms with Crippen molar-refractivity contribution >= 4 is 11.6 Å². The predicted molar refractivity (Wildman–Crippen MR) is 93.0 cm³/mol. The van der Waals surface area contributed by atoms with E-state index >= 15 is 0 Å². The molecular weight excluding hydrogens is 290 g/mol. The van der Waals surface area contributed by atoms with Crippen LogP contribution in [0.3, 0.4) is 0 Å². The van der Waals surface area contributed by atoms with Crippen LogP contribution >= 0.6 is 0 Å². The number of piperidine rings is 1. The van der Waals surface area contributed by atoms with Crippen LogP contribution in [0.15, 0.2) is 12.4 Å². The first-order valence-electron chi connectivity index (χ1n) is 8.84. The van der Waals surface area contributed by atoms with Crippen LogP contribution in [0.2, 0.25) is 0 Å². The number of piperazine rings is 1. The first kappa shape index (κ1) is 16.5. The summed E-state index contributed by atoms with van der Waals surface area (Å²) in [6.07, 6.45) is 3.92. The maximum Gasteiger partial charge on any atom is 0.134 e. The molecule has 2 aliphatic rings. The van der Waals surface area contributed by atoms with Crippen molar-refractivity contribution in [2.45, 2.75) is 32.7 Å². The van der Waals surface area contributed by atoms with E-state index in [1.807, 2.05) is 0 Å². The molecule has 3 rings (SSSR count). The summed E-state index contributed by atoms with van der Waals surface area (Å²) in [5.41, 5.74) is 0. The van der Waals surface area contributed by atoms with Crippen LogP contribution in [0.4, 0.5) is 11.6 Å². The minimum absolute atomic E-state index is 0.269. The standard InChI is InChI=1S/C17H29N5O/c1-14(2)20-6-8-21(9-7-20)16-10-17(19-13-18-16)22-5-3-4-15(11-22)12-23/h10,13-15,23H,3-9,11-12H2,1-2H3. The number of hydrogen-bond acceptors (Lipinski definition) is 6. The zero-order valence-electron chi connectivity index (χ0n) is 14.4. The Labute approximate surface area is 139 Å². The van der Waals surface area contributed by atoms with Crippen LogP contribution in [-0.2, 0) is 0 Å². The molecule has 0 bridgehead atoms. The van der Waals surface area contributed by atoms with Gasteiger partial charge in [0.25, 0.3) is 0 Å². The fourth-order valence-electron chi connectivity index (χ4n) is 3.57. The van der Waals surface area contributed by atoms with E-state index in [-0.39, 0.29) is 6.61 Å². The Morgan fingerprint density at radius 1 is 1.09 bits per heavy atom. The van der Waals surface area contributed by atoms with Crippen molar-refractivity contribution in [1.82, 2.24) is 14.9 Å². The smallest absolute Gasteiger partial charge is 0.134 e. The average molecular weight is 319 g/mol. The van der Waals surface area contributed by atoms with E-state index in [4.69, 9.17) is 0 Å². The lowest BCUT2D eigenvalue weighted by Gasteiger charge is -2.38. The molecule has 3 heterocycles. The number of aromatic nitrogens is 2. The summed E-state index contributed by atoms with van der Waals surface area (Å²) >= 11 is 0. The molecule has 2 fully saturated rings. The zero-order chi connectivity index (χ0) is 16.2. The van der Waals surface area contributed by atoms with Crippen LogP contribution < -0.4 is 9.80 Å². The summed E-state index contributed by atoms with van der Waals surface area (Å²) in [6.45, 7) is 10.9. The molecule has 6 heteroatoms. The lowest BCUT2D eigenvalue weighted by Crippen LogP contribution is -2.49. The van der Waals surface area contributed by atoms with E-state index in [0.717, 1.165) is 63.7 Å². The first-order chi connectivity index (χ1) is 11.2. The quantitative estimate of drug-likeness (QED) is 0.900. The molecule has 1 aromatic rings. The van der Waals surface area contributed by atoms with Crippen molar-refractivity contribution in [2.75, 3.05) is 55.7 Å². The summed E-state index contributed by atoms with van der Waals surface area (Å²) in [7, 11) is 0. The molecule has 0 aliphatic carbocycles. The van der Waals surface area contributed by atoms with Gasteiger partial charge in [0.2, 0.25) is 0 Å². The van der Waals surface area contributed by atoms with Gasteiger partial charge >= 0.3 is 0 Å². The second-order valence-corrected chi connectivity index (χ2v) is 6.99. The van der Waals surface area contributed by atoms with Gasteiger partial charge in [-0.25, -0.2) is 9.97 Å². The Morgan fingerprint density at radius 2 is 1.78 bits per heavy atom. The van der Waals surface area contributed by atoms with Gasteiger partial charge in [-0.3, -0.25) is 4.90 Å². The third-order valence-corrected chi connectivity index (χ3v) is 5.11. The Hall–Kier alpha value is -1.40. The van der Waals surface area contributed by atoms with E-state index in [2.05, 4.69) is 44.6 Å². The van der Waals surface area contributed by atoms with E-state index in [1.54, 1.807) is 6.33 Å². The molecule has 0 radical (unpaired) electrons. The molecule has 0 saturated carbocycles. The fraction of sp³-hybridized carbons (Fsp3) is 0.765. The maximum absolute atomic E-state index is 9.41. The van der Waals surface area contributed by atoms with Crippen molar-refractivity contribution in [1.29, 1.82) is 0 Å². The van der Waals surface area contributed by atoms with Crippen molar-refractivity contribution in [3.8, 4) is 0 Å². The summed E-state index contributed by atoms with van der Waals surface area (Å²) in [5, 5.41) is 9.41. The van der Waals surface area contributed by atoms with Gasteiger partial charge in [-0.1, -0.05) is 0 Å². The van der Waals surface area contributed by atoms with Gasteiger partial charge in [0.15, 0.2) is 0 Å². The molecule has 6 nitrogen and oxygen atoms in total. The van der Waals surface area contributed by atoms with Crippen molar-refractivity contribution in [3.05, 3.63) is 12.4 Å². The van der Waals surface area contributed by atoms with Crippen molar-refractivity contribution in [3.63, 3.8) is 0 Å². The molecule has 1 atom stereocenters. The SMILES string of the molecule is CC(C)N1CCN(c2cc(N3CCCC(CO)C3)ncn2)CC1. The monoisotopic (exact) mass is 319 g/mol. The maximum atomic E-state index is 9.41. The molecule has 2 saturated heterocycles. The summed E-state index contributed by atoms with van der Waals surface area (Å²) < 4.78 is 0. The highest BCUT2D eigenvalue weighted by Gasteiger charge is 2.23. The number of anilines is 2. The highest BCUT2D eigenvalue weighted by molar-refractivity contribution is 5.50. The average Bonchev–Trinajstić information content (AvgIpc) is 2.62. The molecular formula is C17H29N5O. The van der Waals surface area contributed by atoms with Crippen LogP contribution in [-0.4, -0.2) is 71.9 Å². The largest absolute Gasteiger partial charge is 0.396 e. The van der Waals surface area contributed by atoms with Crippen LogP contribution in [0.25, 0.3) is 0 Å². The van der Waals surface area contributed by atoms with Crippen molar-refractivity contribution < 1.29 is 5.11 Å². The van der Waals surface area contributed by atoms with Gasteiger partial charge in [0.1, 0.15) is 18.0 Å². The van der Waals surface area contributed by atoms with Gasteiger partial charge < -0.3 is 14.9 Å². The van der Waals surface area contributed by atoms with Crippen molar-refractivity contribution in [2.24, 2.45) is 5.92 Å². The first-order valence-corrected chi connectivity index (χ1v) is 8.84. The molecule has 0 spiro atoms. The summed E-state index contributed by atoms with van der Waals surface area (Å²) in [5.74, 6) is 2.40. The molecule has 1 N–H and O–H groups in total. The molecule has 0 amide bonds. The minimum atomic E-state index is 0.269. The van der Waals surface area contributed by atoms with Gasteiger partial charge in [-0.2, -0.15) is 0 Å². The molecule has 1 aromatic heterocycles. The Kier molecular flexibility index (Phi) is 5.33. The van der Waals surface area contributed by atoms with E-state index in [9.17, 15) is 5.11 Å². The molecule has 0 aromatic carbocycles. The van der Waals surface area contributed by atoms with Crippen LogP contribution in [0, 0.1) is 5.92 Å². The Balaban J connectivity index is 1.66. The third-order valence-electron chi connectivity index (χ3n) is 5.11. The highest BCUT2D eigenvalue weighted by atomic mass is 16.3. The van der Waals surface area contributed by atoms with Crippen LogP contribution in [0.1, 0.15) is 26.7 Å². The summed E-state index contributed by atoms with van der Waals surface area (Å²) in [4.78, 5) is 16.1. The Bertz CT molecular complexity index is 502. The minimum Gasteiger partial charge on any atom is -0.396 e. The van der Waals surface area contributed by atoms with Gasteiger partial charge in [0, 0.05) is 58.0 Å². The lowest BCUT2D eigenvalue weighted by molar-refractivity contribution is 0.208. The normalized spacial score (nSPS) is 23.6. The molecule has 23 heavy (non-hydrogen) atoms. The highest BCUT2D eigenvalue weighted by Crippen LogP contribution is 2.24. The second-order valence-electron chi connectivity index (χ2n) is 6.99. The summed E-state index contributed by atoms with van der Waals surface area (Å²) in [6, 6.07) is 2.73. The Morgan fingerprint density at radius 3 is 2.43 bits per heavy atom. The predicted octanol–water partition coefficient (Wildman–Crippen LogP) is 1.22. The molecule has 128 valence electrons. The van der Waals surface area contributed by atoms with Crippen LogP contribution in [0.5, 0.6) is 0 Å². The zero-order valence-corrected chi connectivity index (χ0v) is 14.4. The van der Waals surface area contributed by atoms with Gasteiger partial charge in [-0.15, -0.1) is 0 Å². The third kappa shape index (κ3) is 3.93. The van der Waals surface area contributed by atoms with Gasteiger partial charge in [-0.05, 0) is 32.6 Å². The number of rotatable bonds is 4. The second kappa shape index (κ2) is 7.45. The van der Waals surface area contributed by atoms with Gasteiger partial charge in [0.05, 0.1) is 0 Å². The fourth-order valence-corrected chi connectivity index (χ4v) is 3.57. The topological polar surface area (TPSA) is 55.7 Å². The number of aliphatic hydroxyl groups excluding tert-OH is 1. The van der Waals surface area contributed by atoms with E-state index in [0.29, 0.717) is 12.0 Å². The molecule has 1 unspecified atom stereocenters. The molecule has 2 aliphatic heterocycles. The van der Waals surface area contributed by atoms with E-state index in [1.165, 1.54) is 0 Å². The number of aliphatic hydroxyl groups is 1. The lowest BCUT2D eigenvalue weighted by atomic mass is 9.99.